The van der Waals surface area contributed by atoms with Crippen molar-refractivity contribution in [2.75, 3.05) is 7.05 Å². The van der Waals surface area contributed by atoms with Crippen molar-refractivity contribution in [2.24, 2.45) is 0 Å². The topological polar surface area (TPSA) is 29.1 Å². The number of hydrogen-bond donors (Lipinski definition) is 1. The first kappa shape index (κ1) is 13.1. The van der Waals surface area contributed by atoms with E-state index in [0.29, 0.717) is 5.78 Å². The number of carbonyl (C=O) groups is 1. The summed E-state index contributed by atoms with van der Waals surface area (Å²) < 4.78 is 0. The average Bonchev–Trinajstić information content (AvgIpc) is 2.87. The Kier molecular flexibility index (Phi) is 4.90. The van der Waals surface area contributed by atoms with Gasteiger partial charge < -0.3 is 5.32 Å². The zero-order valence-corrected chi connectivity index (χ0v) is 10.6. The molecule has 1 saturated carbocycles. The lowest BCUT2D eigenvalue weighted by Gasteiger charge is -2.35. The van der Waals surface area contributed by atoms with E-state index in [-0.39, 0.29) is 5.54 Å². The summed E-state index contributed by atoms with van der Waals surface area (Å²) in [4.78, 5) is 12.6. The highest BCUT2D eigenvalue weighted by Crippen LogP contribution is 2.37. The fourth-order valence-corrected chi connectivity index (χ4v) is 3.12. The molecule has 1 aliphatic rings. The molecule has 0 spiro atoms. The number of hydrogen-bond acceptors (Lipinski definition) is 3. The molecule has 2 nitrogen and oxygen atoms in total. The molecule has 0 radical (unpaired) electrons. The van der Waals surface area contributed by atoms with Gasteiger partial charge >= 0.3 is 0 Å². The molecule has 1 fully saturated rings. The van der Waals surface area contributed by atoms with Crippen LogP contribution in [-0.2, 0) is 10.3 Å². The summed E-state index contributed by atoms with van der Waals surface area (Å²) >= 11 is 1.78. The second-order valence-corrected chi connectivity index (χ2v) is 4.80. The first-order chi connectivity index (χ1) is 7.77. The van der Waals surface area contributed by atoms with Crippen molar-refractivity contribution < 1.29 is 4.79 Å². The van der Waals surface area contributed by atoms with Gasteiger partial charge in [-0.1, -0.05) is 6.07 Å². The molecule has 1 aliphatic carbocycles. The third-order valence-corrected chi connectivity index (χ3v) is 4.21. The summed E-state index contributed by atoms with van der Waals surface area (Å²) in [5, 5.41) is 5.50. The van der Waals surface area contributed by atoms with Gasteiger partial charge in [-0.05, 0) is 31.3 Å². The lowest BCUT2D eigenvalue weighted by molar-refractivity contribution is -0.121. The molecule has 1 heterocycles. The number of rotatable bonds is 2. The predicted molar refractivity (Wildman–Crippen MR) is 69.8 cm³/mol. The summed E-state index contributed by atoms with van der Waals surface area (Å²) in [5.74, 6) is 0.410. The van der Waals surface area contributed by atoms with Crippen molar-refractivity contribution in [1.29, 1.82) is 0 Å². The van der Waals surface area contributed by atoms with Crippen LogP contribution in [0.15, 0.2) is 30.7 Å². The lowest BCUT2D eigenvalue weighted by Crippen LogP contribution is -2.42. The van der Waals surface area contributed by atoms with Gasteiger partial charge in [0.1, 0.15) is 5.78 Å². The first-order valence-electron chi connectivity index (χ1n) is 5.51. The maximum atomic E-state index is 11.2. The van der Waals surface area contributed by atoms with Crippen LogP contribution < -0.4 is 5.32 Å². The Balaban J connectivity index is 0.000000606. The number of ketones is 1. The van der Waals surface area contributed by atoms with E-state index in [4.69, 9.17) is 0 Å². The Labute approximate surface area is 101 Å². The maximum Gasteiger partial charge on any atom is 0.133 e. The van der Waals surface area contributed by atoms with Crippen molar-refractivity contribution in [1.82, 2.24) is 5.32 Å². The minimum atomic E-state index is 0.0715. The predicted octanol–water partition coefficient (Wildman–Crippen LogP) is 3.11. The van der Waals surface area contributed by atoms with Crippen LogP contribution in [0.1, 0.15) is 30.6 Å². The van der Waals surface area contributed by atoms with E-state index < -0.39 is 0 Å². The second-order valence-electron chi connectivity index (χ2n) is 3.85. The van der Waals surface area contributed by atoms with Gasteiger partial charge in [-0.2, -0.15) is 0 Å². The monoisotopic (exact) mass is 237 g/mol. The van der Waals surface area contributed by atoms with Gasteiger partial charge in [0.15, 0.2) is 0 Å². The third-order valence-electron chi connectivity index (χ3n) is 3.13. The maximum absolute atomic E-state index is 11.2. The van der Waals surface area contributed by atoms with E-state index in [2.05, 4.69) is 36.0 Å². The fraction of sp³-hybridized carbons (Fsp3) is 0.462. The minimum Gasteiger partial charge on any atom is -0.310 e. The summed E-state index contributed by atoms with van der Waals surface area (Å²) in [7, 11) is 2.00. The van der Waals surface area contributed by atoms with E-state index in [1.54, 1.807) is 11.3 Å². The van der Waals surface area contributed by atoms with Crippen LogP contribution in [0.3, 0.4) is 0 Å². The second kappa shape index (κ2) is 5.97. The molecule has 1 aromatic heterocycles. The SMILES string of the molecule is C=C.CNC1(c2cccs2)CCC(=O)CC1. The Hall–Kier alpha value is -0.930. The van der Waals surface area contributed by atoms with Gasteiger partial charge in [-0.25, -0.2) is 0 Å². The zero-order valence-electron chi connectivity index (χ0n) is 9.79. The number of thiophene rings is 1. The number of nitrogens with one attached hydrogen (secondary N) is 1. The molecule has 16 heavy (non-hydrogen) atoms. The van der Waals surface area contributed by atoms with Crippen LogP contribution in [0.2, 0.25) is 0 Å². The molecule has 3 heteroatoms. The van der Waals surface area contributed by atoms with Crippen molar-refractivity contribution >= 4 is 17.1 Å². The van der Waals surface area contributed by atoms with Gasteiger partial charge in [0.2, 0.25) is 0 Å². The molecule has 0 saturated heterocycles. The molecule has 0 unspecified atom stereocenters. The highest BCUT2D eigenvalue weighted by molar-refractivity contribution is 7.10. The molecule has 0 atom stereocenters. The van der Waals surface area contributed by atoms with Crippen molar-refractivity contribution in [3.05, 3.63) is 35.5 Å². The summed E-state index contributed by atoms with van der Waals surface area (Å²) in [6.07, 6.45) is 3.34. The van der Waals surface area contributed by atoms with Crippen LogP contribution in [0.25, 0.3) is 0 Å². The fourth-order valence-electron chi connectivity index (χ4n) is 2.13. The molecular formula is C13H19NOS. The summed E-state index contributed by atoms with van der Waals surface area (Å²) in [5.41, 5.74) is 0.0715. The standard InChI is InChI=1S/C11H15NOS.C2H4/c1-12-11(10-3-2-8-14-10)6-4-9(13)5-7-11;1-2/h2-3,8,12H,4-7H2,1H3;1-2H2. The lowest BCUT2D eigenvalue weighted by atomic mass is 9.80. The summed E-state index contributed by atoms with van der Waals surface area (Å²) in [6, 6.07) is 4.24. The van der Waals surface area contributed by atoms with Crippen LogP contribution in [-0.4, -0.2) is 12.8 Å². The highest BCUT2D eigenvalue weighted by atomic mass is 32.1. The largest absolute Gasteiger partial charge is 0.310 e. The smallest absolute Gasteiger partial charge is 0.133 e. The molecule has 0 aromatic carbocycles. The minimum absolute atomic E-state index is 0.0715. The Morgan fingerprint density at radius 1 is 1.38 bits per heavy atom. The molecule has 88 valence electrons. The van der Waals surface area contributed by atoms with Gasteiger partial charge in [0, 0.05) is 17.7 Å². The average molecular weight is 237 g/mol. The molecular weight excluding hydrogens is 218 g/mol. The first-order valence-corrected chi connectivity index (χ1v) is 6.39. The van der Waals surface area contributed by atoms with Crippen LogP contribution in [0, 0.1) is 0 Å². The van der Waals surface area contributed by atoms with E-state index in [1.165, 1.54) is 4.88 Å². The van der Waals surface area contributed by atoms with Crippen molar-refractivity contribution in [3.8, 4) is 0 Å². The van der Waals surface area contributed by atoms with Crippen LogP contribution in [0.4, 0.5) is 0 Å². The third kappa shape index (κ3) is 2.60. The van der Waals surface area contributed by atoms with Crippen LogP contribution in [0.5, 0.6) is 0 Å². The van der Waals surface area contributed by atoms with E-state index >= 15 is 0 Å². The Morgan fingerprint density at radius 3 is 2.44 bits per heavy atom. The molecule has 2 rings (SSSR count). The quantitative estimate of drug-likeness (QED) is 0.801. The van der Waals surface area contributed by atoms with Crippen LogP contribution >= 0.6 is 11.3 Å². The molecule has 0 amide bonds. The zero-order chi connectivity index (χ0) is 12.0. The van der Waals surface area contributed by atoms with E-state index in [0.717, 1.165) is 25.7 Å². The number of carbonyl (C=O) groups excluding carboxylic acids is 1. The van der Waals surface area contributed by atoms with E-state index in [1.807, 2.05) is 7.05 Å². The van der Waals surface area contributed by atoms with Crippen molar-refractivity contribution in [2.45, 2.75) is 31.2 Å². The highest BCUT2D eigenvalue weighted by Gasteiger charge is 2.35. The van der Waals surface area contributed by atoms with Crippen molar-refractivity contribution in [3.63, 3.8) is 0 Å². The van der Waals surface area contributed by atoms with E-state index in [9.17, 15) is 4.79 Å². The van der Waals surface area contributed by atoms with Gasteiger partial charge in [-0.15, -0.1) is 24.5 Å². The van der Waals surface area contributed by atoms with Gasteiger partial charge in [0.25, 0.3) is 0 Å². The molecule has 1 aromatic rings. The Morgan fingerprint density at radius 2 is 2.00 bits per heavy atom. The van der Waals surface area contributed by atoms with Gasteiger partial charge in [-0.3, -0.25) is 4.79 Å². The van der Waals surface area contributed by atoms with Gasteiger partial charge in [0.05, 0.1) is 5.54 Å². The molecule has 1 N–H and O–H groups in total. The molecule has 0 aliphatic heterocycles. The Bertz CT molecular complexity index is 322. The normalized spacial score (nSPS) is 18.7. The molecule has 0 bridgehead atoms. The number of Topliss-reactive ketones (excluding diaryl/α,β-unsaturated/α-hetero) is 1. The summed E-state index contributed by atoms with van der Waals surface area (Å²) in [6.45, 7) is 6.00.